The minimum atomic E-state index is -0.611. The standard InChI is InChI=1S/C23H27NO4/c1-26-15-13-24(17-23-8-5-14-27-23)16-21(25)18-28-22-11-9-20(10-12-22)19-6-3-2-4-7-19/h2-12,14,21,25H,13,15-18H2,1H3. The summed E-state index contributed by atoms with van der Waals surface area (Å²) >= 11 is 0. The van der Waals surface area contributed by atoms with Crippen molar-refractivity contribution < 1.29 is 19.0 Å². The Bertz CT molecular complexity index is 787. The number of aliphatic hydroxyl groups excluding tert-OH is 1. The average Bonchev–Trinajstić information content (AvgIpc) is 3.24. The summed E-state index contributed by atoms with van der Waals surface area (Å²) in [6, 6.07) is 21.9. The predicted octanol–water partition coefficient (Wildman–Crippen LogP) is 3.83. The quantitative estimate of drug-likeness (QED) is 0.547. The molecule has 1 atom stereocenters. The van der Waals surface area contributed by atoms with Crippen LogP contribution in [-0.2, 0) is 11.3 Å². The molecule has 0 saturated carbocycles. The zero-order valence-corrected chi connectivity index (χ0v) is 16.2. The monoisotopic (exact) mass is 381 g/mol. The van der Waals surface area contributed by atoms with Gasteiger partial charge in [-0.1, -0.05) is 42.5 Å². The molecule has 0 saturated heterocycles. The number of methoxy groups -OCH3 is 1. The maximum atomic E-state index is 10.4. The lowest BCUT2D eigenvalue weighted by molar-refractivity contribution is 0.0517. The first kappa shape index (κ1) is 20.1. The molecule has 5 nitrogen and oxygen atoms in total. The van der Waals surface area contributed by atoms with Crippen molar-refractivity contribution in [3.8, 4) is 16.9 Å². The molecule has 3 aromatic rings. The van der Waals surface area contributed by atoms with Gasteiger partial charge in [0.05, 0.1) is 19.4 Å². The molecule has 1 heterocycles. The Labute approximate surface area is 166 Å². The van der Waals surface area contributed by atoms with Gasteiger partial charge in [-0.25, -0.2) is 0 Å². The summed E-state index contributed by atoms with van der Waals surface area (Å²) in [6.45, 7) is 2.63. The molecule has 0 bridgehead atoms. The van der Waals surface area contributed by atoms with Crippen LogP contribution in [0.3, 0.4) is 0 Å². The van der Waals surface area contributed by atoms with Crippen LogP contribution in [0, 0.1) is 0 Å². The molecule has 3 rings (SSSR count). The highest BCUT2D eigenvalue weighted by Gasteiger charge is 2.14. The highest BCUT2D eigenvalue weighted by molar-refractivity contribution is 5.63. The van der Waals surface area contributed by atoms with Crippen molar-refractivity contribution in [2.45, 2.75) is 12.6 Å². The molecule has 0 aliphatic heterocycles. The molecule has 148 valence electrons. The van der Waals surface area contributed by atoms with E-state index in [0.29, 0.717) is 26.2 Å². The molecule has 28 heavy (non-hydrogen) atoms. The van der Waals surface area contributed by atoms with E-state index in [0.717, 1.165) is 17.1 Å². The smallest absolute Gasteiger partial charge is 0.119 e. The SMILES string of the molecule is COCCN(Cc1ccco1)CC(O)COc1ccc(-c2ccccc2)cc1. The highest BCUT2D eigenvalue weighted by Crippen LogP contribution is 2.22. The Morgan fingerprint density at radius 3 is 2.39 bits per heavy atom. The number of aliphatic hydroxyl groups is 1. The number of rotatable bonds is 11. The molecule has 0 radical (unpaired) electrons. The van der Waals surface area contributed by atoms with E-state index in [-0.39, 0.29) is 6.61 Å². The van der Waals surface area contributed by atoms with E-state index in [2.05, 4.69) is 17.0 Å². The van der Waals surface area contributed by atoms with Crippen molar-refractivity contribution in [2.75, 3.05) is 33.4 Å². The van der Waals surface area contributed by atoms with Crippen molar-refractivity contribution in [3.63, 3.8) is 0 Å². The maximum Gasteiger partial charge on any atom is 0.119 e. The topological polar surface area (TPSA) is 55.1 Å². The van der Waals surface area contributed by atoms with Gasteiger partial charge in [-0.15, -0.1) is 0 Å². The van der Waals surface area contributed by atoms with Crippen LogP contribution in [0.5, 0.6) is 5.75 Å². The predicted molar refractivity (Wildman–Crippen MR) is 109 cm³/mol. The second-order valence-corrected chi connectivity index (χ2v) is 6.66. The van der Waals surface area contributed by atoms with Gasteiger partial charge in [0.25, 0.3) is 0 Å². The minimum Gasteiger partial charge on any atom is -0.491 e. The Balaban J connectivity index is 1.49. The van der Waals surface area contributed by atoms with E-state index in [1.165, 1.54) is 5.56 Å². The molecule has 1 aromatic heterocycles. The van der Waals surface area contributed by atoms with Crippen molar-refractivity contribution in [1.82, 2.24) is 4.90 Å². The number of hydrogen-bond acceptors (Lipinski definition) is 5. The van der Waals surface area contributed by atoms with E-state index < -0.39 is 6.10 Å². The maximum absolute atomic E-state index is 10.4. The molecular formula is C23H27NO4. The first-order valence-corrected chi connectivity index (χ1v) is 9.44. The van der Waals surface area contributed by atoms with Gasteiger partial charge in [0.1, 0.15) is 24.2 Å². The van der Waals surface area contributed by atoms with E-state index in [4.69, 9.17) is 13.9 Å². The van der Waals surface area contributed by atoms with Crippen LogP contribution in [-0.4, -0.2) is 49.5 Å². The van der Waals surface area contributed by atoms with E-state index in [9.17, 15) is 5.11 Å². The Kier molecular flexibility index (Phi) is 7.67. The lowest BCUT2D eigenvalue weighted by Crippen LogP contribution is -2.37. The lowest BCUT2D eigenvalue weighted by atomic mass is 10.1. The van der Waals surface area contributed by atoms with Crippen LogP contribution < -0.4 is 4.74 Å². The van der Waals surface area contributed by atoms with Crippen LogP contribution in [0.1, 0.15) is 5.76 Å². The van der Waals surface area contributed by atoms with Gasteiger partial charge in [-0.3, -0.25) is 4.90 Å². The van der Waals surface area contributed by atoms with Crippen LogP contribution in [0.2, 0.25) is 0 Å². The molecular weight excluding hydrogens is 354 g/mol. The number of nitrogens with zero attached hydrogens (tertiary/aromatic N) is 1. The van der Waals surface area contributed by atoms with Gasteiger partial charge >= 0.3 is 0 Å². The third-order valence-electron chi connectivity index (χ3n) is 4.44. The Morgan fingerprint density at radius 2 is 1.71 bits per heavy atom. The summed E-state index contributed by atoms with van der Waals surface area (Å²) in [6.07, 6.45) is 1.04. The highest BCUT2D eigenvalue weighted by atomic mass is 16.5. The molecule has 0 fully saturated rings. The number of ether oxygens (including phenoxy) is 2. The number of hydrogen-bond donors (Lipinski definition) is 1. The zero-order chi connectivity index (χ0) is 19.6. The zero-order valence-electron chi connectivity index (χ0n) is 16.2. The molecule has 1 unspecified atom stereocenters. The van der Waals surface area contributed by atoms with Gasteiger partial charge in [0.2, 0.25) is 0 Å². The summed E-state index contributed by atoms with van der Waals surface area (Å²) in [4.78, 5) is 2.09. The fourth-order valence-electron chi connectivity index (χ4n) is 3.00. The molecule has 0 aliphatic carbocycles. The second-order valence-electron chi connectivity index (χ2n) is 6.66. The van der Waals surface area contributed by atoms with E-state index in [1.54, 1.807) is 13.4 Å². The summed E-state index contributed by atoms with van der Waals surface area (Å²) in [5.74, 6) is 1.61. The largest absolute Gasteiger partial charge is 0.491 e. The average molecular weight is 381 g/mol. The molecule has 1 N–H and O–H groups in total. The lowest BCUT2D eigenvalue weighted by Gasteiger charge is -2.24. The fourth-order valence-corrected chi connectivity index (χ4v) is 3.00. The van der Waals surface area contributed by atoms with Crippen LogP contribution in [0.25, 0.3) is 11.1 Å². The van der Waals surface area contributed by atoms with Crippen LogP contribution in [0.15, 0.2) is 77.4 Å². The first-order chi connectivity index (χ1) is 13.7. The summed E-state index contributed by atoms with van der Waals surface area (Å²) in [5, 5.41) is 10.4. The first-order valence-electron chi connectivity index (χ1n) is 9.44. The van der Waals surface area contributed by atoms with Gasteiger partial charge in [0.15, 0.2) is 0 Å². The summed E-state index contributed by atoms with van der Waals surface area (Å²) < 4.78 is 16.3. The number of benzene rings is 2. The molecule has 2 aromatic carbocycles. The third-order valence-corrected chi connectivity index (χ3v) is 4.44. The molecule has 0 aliphatic rings. The van der Waals surface area contributed by atoms with Crippen molar-refractivity contribution >= 4 is 0 Å². The van der Waals surface area contributed by atoms with Gasteiger partial charge in [-0.2, -0.15) is 0 Å². The fraction of sp³-hybridized carbons (Fsp3) is 0.304. The van der Waals surface area contributed by atoms with Crippen molar-refractivity contribution in [2.24, 2.45) is 0 Å². The van der Waals surface area contributed by atoms with Crippen LogP contribution >= 0.6 is 0 Å². The Morgan fingerprint density at radius 1 is 0.964 bits per heavy atom. The second kappa shape index (κ2) is 10.7. The molecule has 5 heteroatoms. The van der Waals surface area contributed by atoms with Crippen molar-refractivity contribution in [3.05, 3.63) is 78.8 Å². The van der Waals surface area contributed by atoms with E-state index >= 15 is 0 Å². The van der Waals surface area contributed by atoms with Crippen molar-refractivity contribution in [1.29, 1.82) is 0 Å². The Hall–Kier alpha value is -2.60. The molecule has 0 amide bonds. The van der Waals surface area contributed by atoms with E-state index in [1.807, 2.05) is 54.6 Å². The molecule has 0 spiro atoms. The van der Waals surface area contributed by atoms with Crippen LogP contribution in [0.4, 0.5) is 0 Å². The van der Waals surface area contributed by atoms with Gasteiger partial charge in [-0.05, 0) is 35.4 Å². The summed E-state index contributed by atoms with van der Waals surface area (Å²) in [5.41, 5.74) is 2.30. The number of furan rings is 1. The van der Waals surface area contributed by atoms with Gasteiger partial charge in [0, 0.05) is 20.2 Å². The normalized spacial score (nSPS) is 12.2. The summed E-state index contributed by atoms with van der Waals surface area (Å²) in [7, 11) is 1.67. The van der Waals surface area contributed by atoms with Gasteiger partial charge < -0.3 is 19.0 Å². The minimum absolute atomic E-state index is 0.228. The third kappa shape index (κ3) is 6.23.